The standard InChI is InChI=1S/C17H25ClN2/c18-17-10-4-1-6-14(17)12-20-11-5-9-16(13-20)19-15-7-2-3-8-15/h1,4,6,10,15-16,19H,2-3,5,7-9,11-13H2. The summed E-state index contributed by atoms with van der Waals surface area (Å²) < 4.78 is 0. The van der Waals surface area contributed by atoms with Gasteiger partial charge in [0.1, 0.15) is 0 Å². The molecule has 2 fully saturated rings. The van der Waals surface area contributed by atoms with Gasteiger partial charge in [-0.2, -0.15) is 0 Å². The molecule has 20 heavy (non-hydrogen) atoms. The van der Waals surface area contributed by atoms with Crippen molar-refractivity contribution >= 4 is 11.6 Å². The van der Waals surface area contributed by atoms with E-state index < -0.39 is 0 Å². The summed E-state index contributed by atoms with van der Waals surface area (Å²) in [6, 6.07) is 9.69. The van der Waals surface area contributed by atoms with Crippen molar-refractivity contribution in [2.75, 3.05) is 13.1 Å². The van der Waals surface area contributed by atoms with Gasteiger partial charge in [0, 0.05) is 30.2 Å². The van der Waals surface area contributed by atoms with Crippen LogP contribution in [0.3, 0.4) is 0 Å². The maximum atomic E-state index is 6.28. The number of hydrogen-bond donors (Lipinski definition) is 1. The Labute approximate surface area is 127 Å². The highest BCUT2D eigenvalue weighted by molar-refractivity contribution is 6.31. The molecule has 0 aromatic heterocycles. The van der Waals surface area contributed by atoms with E-state index in [1.54, 1.807) is 0 Å². The van der Waals surface area contributed by atoms with Crippen LogP contribution in [-0.2, 0) is 6.54 Å². The second-order valence-electron chi connectivity index (χ2n) is 6.31. The zero-order chi connectivity index (χ0) is 13.8. The summed E-state index contributed by atoms with van der Waals surface area (Å²) in [7, 11) is 0. The third-order valence-corrected chi connectivity index (χ3v) is 5.05. The van der Waals surface area contributed by atoms with E-state index >= 15 is 0 Å². The van der Waals surface area contributed by atoms with Crippen molar-refractivity contribution in [2.24, 2.45) is 0 Å². The van der Waals surface area contributed by atoms with Crippen LogP contribution in [0.25, 0.3) is 0 Å². The molecule has 2 nitrogen and oxygen atoms in total. The summed E-state index contributed by atoms with van der Waals surface area (Å²) in [5.74, 6) is 0. The maximum Gasteiger partial charge on any atom is 0.0451 e. The van der Waals surface area contributed by atoms with Gasteiger partial charge < -0.3 is 5.32 Å². The first kappa shape index (κ1) is 14.4. The Bertz CT molecular complexity index is 429. The lowest BCUT2D eigenvalue weighted by atomic mass is 10.0. The number of hydrogen-bond acceptors (Lipinski definition) is 2. The molecular weight excluding hydrogens is 268 g/mol. The van der Waals surface area contributed by atoms with Gasteiger partial charge in [0.05, 0.1) is 0 Å². The zero-order valence-corrected chi connectivity index (χ0v) is 12.9. The average Bonchev–Trinajstić information content (AvgIpc) is 2.95. The minimum Gasteiger partial charge on any atom is -0.310 e. The second kappa shape index (κ2) is 6.93. The lowest BCUT2D eigenvalue weighted by Gasteiger charge is -2.35. The van der Waals surface area contributed by atoms with Crippen molar-refractivity contribution in [1.29, 1.82) is 0 Å². The van der Waals surface area contributed by atoms with Crippen molar-refractivity contribution in [3.63, 3.8) is 0 Å². The van der Waals surface area contributed by atoms with Gasteiger partial charge >= 0.3 is 0 Å². The molecule has 3 heteroatoms. The number of benzene rings is 1. The Hall–Kier alpha value is -0.570. The molecule has 110 valence electrons. The van der Waals surface area contributed by atoms with E-state index in [-0.39, 0.29) is 0 Å². The van der Waals surface area contributed by atoms with E-state index in [9.17, 15) is 0 Å². The fourth-order valence-corrected chi connectivity index (χ4v) is 3.82. The highest BCUT2D eigenvalue weighted by atomic mass is 35.5. The molecule has 0 amide bonds. The minimum atomic E-state index is 0.675. The molecule has 1 aliphatic heterocycles. The summed E-state index contributed by atoms with van der Waals surface area (Å²) in [4.78, 5) is 2.55. The van der Waals surface area contributed by atoms with E-state index in [2.05, 4.69) is 22.3 Å². The number of nitrogens with one attached hydrogen (secondary N) is 1. The van der Waals surface area contributed by atoms with E-state index in [1.165, 1.54) is 57.2 Å². The van der Waals surface area contributed by atoms with Gasteiger partial charge in [0.15, 0.2) is 0 Å². The van der Waals surface area contributed by atoms with Crippen molar-refractivity contribution in [1.82, 2.24) is 10.2 Å². The van der Waals surface area contributed by atoms with Crippen LogP contribution in [0.15, 0.2) is 24.3 Å². The molecule has 1 aromatic carbocycles. The monoisotopic (exact) mass is 292 g/mol. The van der Waals surface area contributed by atoms with E-state index in [4.69, 9.17) is 11.6 Å². The number of rotatable bonds is 4. The van der Waals surface area contributed by atoms with Gasteiger partial charge in [-0.3, -0.25) is 4.90 Å². The molecule has 1 saturated heterocycles. The lowest BCUT2D eigenvalue weighted by Crippen LogP contribution is -2.48. The van der Waals surface area contributed by atoms with E-state index in [0.717, 1.165) is 17.6 Å². The van der Waals surface area contributed by atoms with Crippen molar-refractivity contribution < 1.29 is 0 Å². The van der Waals surface area contributed by atoms with Crippen LogP contribution < -0.4 is 5.32 Å². The summed E-state index contributed by atoms with van der Waals surface area (Å²) in [6.45, 7) is 3.36. The molecule has 1 unspecified atom stereocenters. The fourth-order valence-electron chi connectivity index (χ4n) is 3.63. The van der Waals surface area contributed by atoms with Crippen LogP contribution >= 0.6 is 11.6 Å². The fraction of sp³-hybridized carbons (Fsp3) is 0.647. The first-order chi connectivity index (χ1) is 9.81. The SMILES string of the molecule is Clc1ccccc1CN1CCCC(NC2CCCC2)C1. The molecule has 0 spiro atoms. The molecule has 1 heterocycles. The highest BCUT2D eigenvalue weighted by Crippen LogP contribution is 2.22. The molecule has 1 aromatic rings. The topological polar surface area (TPSA) is 15.3 Å². The molecule has 3 rings (SSSR count). The van der Waals surface area contributed by atoms with Gasteiger partial charge in [-0.05, 0) is 43.9 Å². The third-order valence-electron chi connectivity index (χ3n) is 4.68. The average molecular weight is 293 g/mol. The molecule has 1 saturated carbocycles. The first-order valence-corrected chi connectivity index (χ1v) is 8.41. The van der Waals surface area contributed by atoms with Crippen molar-refractivity contribution in [3.05, 3.63) is 34.9 Å². The van der Waals surface area contributed by atoms with Crippen LogP contribution in [0, 0.1) is 0 Å². The van der Waals surface area contributed by atoms with E-state index in [0.29, 0.717) is 6.04 Å². The third kappa shape index (κ3) is 3.75. The largest absolute Gasteiger partial charge is 0.310 e. The normalized spacial score (nSPS) is 25.1. The van der Waals surface area contributed by atoms with Gasteiger partial charge in [-0.25, -0.2) is 0 Å². The molecule has 1 atom stereocenters. The quantitative estimate of drug-likeness (QED) is 0.907. The molecule has 1 aliphatic carbocycles. The Morgan fingerprint density at radius 3 is 2.60 bits per heavy atom. The van der Waals surface area contributed by atoms with Crippen molar-refractivity contribution in [2.45, 2.75) is 57.2 Å². The minimum absolute atomic E-state index is 0.675. The molecular formula is C17H25ClN2. The Kier molecular flexibility index (Phi) is 4.98. The first-order valence-electron chi connectivity index (χ1n) is 8.03. The molecule has 0 radical (unpaired) electrons. The highest BCUT2D eigenvalue weighted by Gasteiger charge is 2.24. The maximum absolute atomic E-state index is 6.28. The predicted molar refractivity (Wildman–Crippen MR) is 85.1 cm³/mol. The van der Waals surface area contributed by atoms with Crippen molar-refractivity contribution in [3.8, 4) is 0 Å². The number of halogens is 1. The molecule has 2 aliphatic rings. The summed E-state index contributed by atoms with van der Waals surface area (Å²) in [5, 5.41) is 4.77. The molecule has 1 N–H and O–H groups in total. The van der Waals surface area contributed by atoms with Crippen LogP contribution in [0.2, 0.25) is 5.02 Å². The summed E-state index contributed by atoms with van der Waals surface area (Å²) >= 11 is 6.28. The smallest absolute Gasteiger partial charge is 0.0451 e. The van der Waals surface area contributed by atoms with Crippen LogP contribution in [0.5, 0.6) is 0 Å². The Morgan fingerprint density at radius 1 is 1.05 bits per heavy atom. The van der Waals surface area contributed by atoms with Gasteiger partial charge in [-0.15, -0.1) is 0 Å². The zero-order valence-electron chi connectivity index (χ0n) is 12.2. The Morgan fingerprint density at radius 2 is 1.80 bits per heavy atom. The molecule has 0 bridgehead atoms. The number of piperidine rings is 1. The van der Waals surface area contributed by atoms with Gasteiger partial charge in [-0.1, -0.05) is 42.6 Å². The summed E-state index contributed by atoms with van der Waals surface area (Å²) in [5.41, 5.74) is 1.26. The second-order valence-corrected chi connectivity index (χ2v) is 6.72. The lowest BCUT2D eigenvalue weighted by molar-refractivity contribution is 0.176. The van der Waals surface area contributed by atoms with Crippen LogP contribution in [0.1, 0.15) is 44.1 Å². The summed E-state index contributed by atoms with van der Waals surface area (Å²) in [6.07, 6.45) is 8.20. The number of likely N-dealkylation sites (tertiary alicyclic amines) is 1. The van der Waals surface area contributed by atoms with Crippen LogP contribution in [-0.4, -0.2) is 30.1 Å². The number of nitrogens with zero attached hydrogens (tertiary/aromatic N) is 1. The van der Waals surface area contributed by atoms with Crippen LogP contribution in [0.4, 0.5) is 0 Å². The van der Waals surface area contributed by atoms with E-state index in [1.807, 2.05) is 12.1 Å². The van der Waals surface area contributed by atoms with Gasteiger partial charge in [0.25, 0.3) is 0 Å². The predicted octanol–water partition coefficient (Wildman–Crippen LogP) is 3.84. The Balaban J connectivity index is 1.53. The van der Waals surface area contributed by atoms with Gasteiger partial charge in [0.2, 0.25) is 0 Å².